The van der Waals surface area contributed by atoms with E-state index in [0.717, 1.165) is 24.8 Å². The number of benzene rings is 1. The Morgan fingerprint density at radius 1 is 1.12 bits per heavy atom. The molecule has 11 nitrogen and oxygen atoms in total. The summed E-state index contributed by atoms with van der Waals surface area (Å²) in [5.41, 5.74) is 0.824. The second-order valence-electron chi connectivity index (χ2n) is 10.9. The van der Waals surface area contributed by atoms with Crippen LogP contribution in [0.25, 0.3) is 0 Å². The number of carbonyl (C=O) groups excluding carboxylic acids is 4. The highest BCUT2D eigenvalue weighted by Crippen LogP contribution is 2.45. The average molecular weight is 554 g/mol. The third kappa shape index (κ3) is 6.04. The zero-order valence-corrected chi connectivity index (χ0v) is 23.4. The Kier molecular flexibility index (Phi) is 9.24. The van der Waals surface area contributed by atoms with Gasteiger partial charge in [0.15, 0.2) is 6.04 Å². The van der Waals surface area contributed by atoms with Crippen molar-refractivity contribution >= 4 is 23.7 Å². The fraction of sp³-hybridized carbons (Fsp3) is 0.552. The maximum atomic E-state index is 13.5. The van der Waals surface area contributed by atoms with E-state index in [2.05, 4.69) is 17.3 Å². The van der Waals surface area contributed by atoms with Crippen LogP contribution in [0.15, 0.2) is 42.7 Å². The number of esters is 1. The van der Waals surface area contributed by atoms with Gasteiger partial charge in [-0.1, -0.05) is 50.6 Å². The van der Waals surface area contributed by atoms with Crippen LogP contribution in [-0.2, 0) is 25.7 Å². The number of hydrogen-bond donors (Lipinski definition) is 2. The molecule has 0 radical (unpaired) electrons. The molecule has 2 aliphatic heterocycles. The van der Waals surface area contributed by atoms with Crippen molar-refractivity contribution in [2.45, 2.75) is 45.7 Å². The minimum absolute atomic E-state index is 0.0673. The van der Waals surface area contributed by atoms with E-state index in [1.165, 1.54) is 13.3 Å². The van der Waals surface area contributed by atoms with Crippen molar-refractivity contribution in [3.63, 3.8) is 0 Å². The molecule has 2 aliphatic rings. The number of amides is 3. The lowest BCUT2D eigenvalue weighted by molar-refractivity contribution is -0.155. The summed E-state index contributed by atoms with van der Waals surface area (Å²) < 4.78 is 6.39. The summed E-state index contributed by atoms with van der Waals surface area (Å²) in [6.07, 6.45) is 5.68. The quantitative estimate of drug-likeness (QED) is 0.401. The molecule has 0 unspecified atom stereocenters. The molecule has 4 rings (SSSR count). The standard InChI is InChI=1S/C29H39N5O6/c1-4-9-21(5-2)26(37)33-18-29(19-33)17-32(15-23(29)25(36)31-24(16-35)28(39)40-3)27(38)22-12-30-34(14-22)13-20-10-7-6-8-11-20/h6-8,10-12,14,21,23-24,35H,4-5,9,13,15-19H2,1-3H3,(H,31,36)/t21-,23-,24-/m1/s1. The summed E-state index contributed by atoms with van der Waals surface area (Å²) in [6, 6.07) is 8.59. The molecule has 40 heavy (non-hydrogen) atoms. The van der Waals surface area contributed by atoms with Crippen LogP contribution < -0.4 is 5.32 Å². The van der Waals surface area contributed by atoms with Crippen LogP contribution >= 0.6 is 0 Å². The second-order valence-corrected chi connectivity index (χ2v) is 10.9. The topological polar surface area (TPSA) is 134 Å². The van der Waals surface area contributed by atoms with E-state index in [4.69, 9.17) is 4.74 Å². The molecular weight excluding hydrogens is 514 g/mol. The smallest absolute Gasteiger partial charge is 0.330 e. The zero-order chi connectivity index (χ0) is 28.9. The summed E-state index contributed by atoms with van der Waals surface area (Å²) in [5.74, 6) is -2.11. The molecule has 1 aromatic carbocycles. The van der Waals surface area contributed by atoms with Crippen molar-refractivity contribution in [1.29, 1.82) is 0 Å². The lowest BCUT2D eigenvalue weighted by Gasteiger charge is -2.51. The first-order valence-corrected chi connectivity index (χ1v) is 13.9. The molecule has 0 aliphatic carbocycles. The maximum Gasteiger partial charge on any atom is 0.330 e. The predicted molar refractivity (Wildman–Crippen MR) is 146 cm³/mol. The molecule has 3 amide bonds. The summed E-state index contributed by atoms with van der Waals surface area (Å²) in [7, 11) is 1.18. The summed E-state index contributed by atoms with van der Waals surface area (Å²) >= 11 is 0. The van der Waals surface area contributed by atoms with E-state index in [1.807, 2.05) is 37.3 Å². The second kappa shape index (κ2) is 12.6. The molecule has 2 fully saturated rings. The lowest BCUT2D eigenvalue weighted by Crippen LogP contribution is -2.65. The third-order valence-corrected chi connectivity index (χ3v) is 8.11. The first-order valence-electron chi connectivity index (χ1n) is 13.9. The van der Waals surface area contributed by atoms with Crippen molar-refractivity contribution in [2.75, 3.05) is 39.9 Å². The molecular formula is C29H39N5O6. The highest BCUT2D eigenvalue weighted by Gasteiger charge is 2.59. The summed E-state index contributed by atoms with van der Waals surface area (Å²) in [6.45, 7) is 5.08. The average Bonchev–Trinajstić information content (AvgIpc) is 3.58. The van der Waals surface area contributed by atoms with Crippen molar-refractivity contribution in [3.8, 4) is 0 Å². The molecule has 216 valence electrons. The minimum Gasteiger partial charge on any atom is -0.467 e. The molecule has 1 spiro atoms. The van der Waals surface area contributed by atoms with Gasteiger partial charge in [0, 0.05) is 43.7 Å². The predicted octanol–water partition coefficient (Wildman–Crippen LogP) is 1.31. The van der Waals surface area contributed by atoms with E-state index in [-0.39, 0.29) is 24.3 Å². The summed E-state index contributed by atoms with van der Waals surface area (Å²) in [5, 5.41) is 16.6. The van der Waals surface area contributed by atoms with Crippen molar-refractivity contribution in [3.05, 3.63) is 53.9 Å². The van der Waals surface area contributed by atoms with Gasteiger partial charge in [-0.15, -0.1) is 0 Å². The number of likely N-dealkylation sites (tertiary alicyclic amines) is 2. The van der Waals surface area contributed by atoms with E-state index in [0.29, 0.717) is 31.7 Å². The van der Waals surface area contributed by atoms with Crippen LogP contribution in [0, 0.1) is 17.3 Å². The van der Waals surface area contributed by atoms with Gasteiger partial charge < -0.3 is 25.0 Å². The minimum atomic E-state index is -1.21. The Balaban J connectivity index is 1.51. The van der Waals surface area contributed by atoms with Crippen LogP contribution in [0.1, 0.15) is 49.0 Å². The van der Waals surface area contributed by atoms with Gasteiger partial charge >= 0.3 is 5.97 Å². The number of hydrogen-bond acceptors (Lipinski definition) is 7. The Morgan fingerprint density at radius 3 is 2.45 bits per heavy atom. The van der Waals surface area contributed by atoms with E-state index < -0.39 is 35.9 Å². The van der Waals surface area contributed by atoms with Gasteiger partial charge in [-0.25, -0.2) is 4.79 Å². The monoisotopic (exact) mass is 553 g/mol. The summed E-state index contributed by atoms with van der Waals surface area (Å²) in [4.78, 5) is 55.5. The Morgan fingerprint density at radius 2 is 1.82 bits per heavy atom. The Hall–Kier alpha value is -3.73. The number of methoxy groups -OCH3 is 1. The number of aliphatic hydroxyl groups is 1. The van der Waals surface area contributed by atoms with Gasteiger partial charge in [-0.05, 0) is 18.4 Å². The molecule has 2 saturated heterocycles. The fourth-order valence-corrected chi connectivity index (χ4v) is 5.89. The van der Waals surface area contributed by atoms with Crippen LogP contribution in [0.2, 0.25) is 0 Å². The van der Waals surface area contributed by atoms with E-state index in [1.54, 1.807) is 20.7 Å². The number of carbonyl (C=O) groups is 4. The number of rotatable bonds is 11. The highest BCUT2D eigenvalue weighted by atomic mass is 16.5. The molecule has 3 atom stereocenters. The lowest BCUT2D eigenvalue weighted by atomic mass is 9.70. The van der Waals surface area contributed by atoms with Gasteiger partial charge in [-0.3, -0.25) is 19.1 Å². The third-order valence-electron chi connectivity index (χ3n) is 8.11. The number of aliphatic hydroxyl groups excluding tert-OH is 1. The molecule has 0 saturated carbocycles. The normalized spacial score (nSPS) is 19.1. The van der Waals surface area contributed by atoms with Crippen molar-refractivity contribution in [1.82, 2.24) is 24.9 Å². The SMILES string of the molecule is CCC[C@@H](CC)C(=O)N1CC2(CN(C(=O)c3cnn(Cc4ccccc4)c3)C[C@@H]2C(=O)N[C@H](CO)C(=O)OC)C1. The Labute approximate surface area is 234 Å². The van der Waals surface area contributed by atoms with Gasteiger partial charge in [-0.2, -0.15) is 5.10 Å². The highest BCUT2D eigenvalue weighted by molar-refractivity contribution is 5.95. The molecule has 11 heteroatoms. The Bertz CT molecular complexity index is 1210. The van der Waals surface area contributed by atoms with Crippen LogP contribution in [0.4, 0.5) is 0 Å². The van der Waals surface area contributed by atoms with Crippen molar-refractivity contribution < 1.29 is 29.0 Å². The number of aromatic nitrogens is 2. The largest absolute Gasteiger partial charge is 0.467 e. The molecule has 3 heterocycles. The first-order chi connectivity index (χ1) is 19.2. The van der Waals surface area contributed by atoms with Gasteiger partial charge in [0.25, 0.3) is 5.91 Å². The van der Waals surface area contributed by atoms with Crippen LogP contribution in [-0.4, -0.2) is 94.3 Å². The number of nitrogens with one attached hydrogen (secondary N) is 1. The molecule has 2 N–H and O–H groups in total. The zero-order valence-electron chi connectivity index (χ0n) is 23.4. The molecule has 2 aromatic rings. The molecule has 0 bridgehead atoms. The van der Waals surface area contributed by atoms with Gasteiger partial charge in [0.1, 0.15) is 0 Å². The van der Waals surface area contributed by atoms with Crippen molar-refractivity contribution in [2.24, 2.45) is 17.3 Å². The van der Waals surface area contributed by atoms with E-state index >= 15 is 0 Å². The van der Waals surface area contributed by atoms with Gasteiger partial charge in [0.2, 0.25) is 11.8 Å². The maximum absolute atomic E-state index is 13.5. The van der Waals surface area contributed by atoms with Crippen LogP contribution in [0.3, 0.4) is 0 Å². The number of ether oxygens (including phenoxy) is 1. The molecule has 1 aromatic heterocycles. The van der Waals surface area contributed by atoms with Crippen LogP contribution in [0.5, 0.6) is 0 Å². The first kappa shape index (κ1) is 29.3. The van der Waals surface area contributed by atoms with E-state index in [9.17, 15) is 24.3 Å². The van der Waals surface area contributed by atoms with Gasteiger partial charge in [0.05, 0.1) is 37.9 Å². The fourth-order valence-electron chi connectivity index (χ4n) is 5.89. The number of nitrogens with zero attached hydrogens (tertiary/aromatic N) is 4.